The van der Waals surface area contributed by atoms with Crippen LogP contribution in [0.2, 0.25) is 0 Å². The molecule has 1 saturated heterocycles. The van der Waals surface area contributed by atoms with Gasteiger partial charge in [-0.05, 0) is 12.1 Å². The lowest BCUT2D eigenvalue weighted by molar-refractivity contribution is -0.125. The van der Waals surface area contributed by atoms with Gasteiger partial charge in [0.05, 0.1) is 18.2 Å². The summed E-state index contributed by atoms with van der Waals surface area (Å²) in [5, 5.41) is 8.71. The zero-order chi connectivity index (χ0) is 13.8. The van der Waals surface area contributed by atoms with Crippen molar-refractivity contribution in [1.82, 2.24) is 4.90 Å². The summed E-state index contributed by atoms with van der Waals surface area (Å²) in [7, 11) is 0. The van der Waals surface area contributed by atoms with Crippen LogP contribution >= 0.6 is 0 Å². The molecule has 0 aliphatic carbocycles. The molecule has 19 heavy (non-hydrogen) atoms. The second-order valence-corrected chi connectivity index (χ2v) is 4.96. The SMILES string of the molecule is CC1CN(CC(=O)c2ccc(C#N)cc2)CCC1=O. The van der Waals surface area contributed by atoms with Crippen LogP contribution in [-0.4, -0.2) is 36.1 Å². The van der Waals surface area contributed by atoms with Crippen LogP contribution in [0.25, 0.3) is 0 Å². The number of rotatable bonds is 3. The summed E-state index contributed by atoms with van der Waals surface area (Å²) in [5.74, 6) is 0.329. The number of nitrogens with zero attached hydrogens (tertiary/aromatic N) is 2. The number of nitriles is 1. The van der Waals surface area contributed by atoms with Gasteiger partial charge in [-0.1, -0.05) is 19.1 Å². The Labute approximate surface area is 112 Å². The van der Waals surface area contributed by atoms with E-state index in [1.165, 1.54) is 0 Å². The van der Waals surface area contributed by atoms with Crippen molar-refractivity contribution in [3.63, 3.8) is 0 Å². The zero-order valence-electron chi connectivity index (χ0n) is 10.9. The maximum atomic E-state index is 12.1. The Hall–Kier alpha value is -1.99. The fourth-order valence-electron chi connectivity index (χ4n) is 2.26. The molecule has 1 fully saturated rings. The summed E-state index contributed by atoms with van der Waals surface area (Å²) >= 11 is 0. The molecule has 1 unspecified atom stereocenters. The summed E-state index contributed by atoms with van der Waals surface area (Å²) in [6.45, 7) is 3.55. The predicted octanol–water partition coefficient (Wildman–Crippen LogP) is 1.65. The van der Waals surface area contributed by atoms with Crippen LogP contribution in [0.15, 0.2) is 24.3 Å². The number of Topliss-reactive ketones (excluding diaryl/α,β-unsaturated/α-hetero) is 2. The standard InChI is InChI=1S/C15H16N2O2/c1-11-9-17(7-6-14(11)18)10-15(19)13-4-2-12(8-16)3-5-13/h2-5,11H,6-7,9-10H2,1H3. The van der Waals surface area contributed by atoms with Crippen molar-refractivity contribution < 1.29 is 9.59 Å². The number of benzene rings is 1. The average molecular weight is 256 g/mol. The van der Waals surface area contributed by atoms with Crippen molar-refractivity contribution in [3.05, 3.63) is 35.4 Å². The highest BCUT2D eigenvalue weighted by Gasteiger charge is 2.24. The molecular weight excluding hydrogens is 240 g/mol. The van der Waals surface area contributed by atoms with Gasteiger partial charge in [0, 0.05) is 31.0 Å². The van der Waals surface area contributed by atoms with Crippen LogP contribution < -0.4 is 0 Å². The molecule has 1 heterocycles. The minimum atomic E-state index is 0.0162. The Bertz CT molecular complexity index is 528. The Morgan fingerprint density at radius 2 is 2.11 bits per heavy atom. The molecule has 0 radical (unpaired) electrons. The lowest BCUT2D eigenvalue weighted by Crippen LogP contribution is -2.42. The first-order valence-electron chi connectivity index (χ1n) is 6.38. The van der Waals surface area contributed by atoms with Crippen LogP contribution in [-0.2, 0) is 4.79 Å². The van der Waals surface area contributed by atoms with Crippen molar-refractivity contribution in [2.45, 2.75) is 13.3 Å². The molecule has 0 saturated carbocycles. The van der Waals surface area contributed by atoms with Crippen molar-refractivity contribution >= 4 is 11.6 Å². The number of carbonyl (C=O) groups excluding carboxylic acids is 2. The molecule has 0 bridgehead atoms. The van der Waals surface area contributed by atoms with E-state index < -0.39 is 0 Å². The molecule has 1 aromatic carbocycles. The summed E-state index contributed by atoms with van der Waals surface area (Å²) in [6.07, 6.45) is 0.530. The normalized spacial score (nSPS) is 20.0. The van der Waals surface area contributed by atoms with E-state index in [0.29, 0.717) is 37.2 Å². The van der Waals surface area contributed by atoms with Gasteiger partial charge in [0.25, 0.3) is 0 Å². The van der Waals surface area contributed by atoms with Crippen LogP contribution in [0.3, 0.4) is 0 Å². The van der Waals surface area contributed by atoms with Gasteiger partial charge in [-0.3, -0.25) is 14.5 Å². The van der Waals surface area contributed by atoms with Crippen LogP contribution in [0, 0.1) is 17.2 Å². The number of likely N-dealkylation sites (tertiary alicyclic amines) is 1. The van der Waals surface area contributed by atoms with E-state index in [4.69, 9.17) is 5.26 Å². The number of hydrogen-bond donors (Lipinski definition) is 0. The Balaban J connectivity index is 1.97. The molecule has 1 aliphatic rings. The first kappa shape index (κ1) is 13.4. The van der Waals surface area contributed by atoms with Crippen molar-refractivity contribution in [2.75, 3.05) is 19.6 Å². The maximum Gasteiger partial charge on any atom is 0.176 e. The molecule has 4 heteroatoms. The third-order valence-electron chi connectivity index (χ3n) is 3.46. The quantitative estimate of drug-likeness (QED) is 0.771. The molecule has 98 valence electrons. The van der Waals surface area contributed by atoms with E-state index in [0.717, 1.165) is 0 Å². The molecule has 1 aliphatic heterocycles. The van der Waals surface area contributed by atoms with Gasteiger partial charge < -0.3 is 0 Å². The van der Waals surface area contributed by atoms with Crippen LogP contribution in [0.4, 0.5) is 0 Å². The Morgan fingerprint density at radius 3 is 2.68 bits per heavy atom. The number of hydrogen-bond acceptors (Lipinski definition) is 4. The van der Waals surface area contributed by atoms with E-state index in [1.54, 1.807) is 24.3 Å². The molecule has 0 spiro atoms. The van der Waals surface area contributed by atoms with E-state index in [9.17, 15) is 9.59 Å². The highest BCUT2D eigenvalue weighted by atomic mass is 16.1. The highest BCUT2D eigenvalue weighted by Crippen LogP contribution is 2.13. The van der Waals surface area contributed by atoms with Gasteiger partial charge in [-0.2, -0.15) is 5.26 Å². The highest BCUT2D eigenvalue weighted by molar-refractivity contribution is 5.97. The third kappa shape index (κ3) is 3.27. The zero-order valence-corrected chi connectivity index (χ0v) is 10.9. The summed E-state index contributed by atoms with van der Waals surface area (Å²) in [6, 6.07) is 8.68. The van der Waals surface area contributed by atoms with Gasteiger partial charge in [-0.15, -0.1) is 0 Å². The molecule has 2 rings (SSSR count). The van der Waals surface area contributed by atoms with E-state index in [-0.39, 0.29) is 17.5 Å². The van der Waals surface area contributed by atoms with E-state index in [1.807, 2.05) is 17.9 Å². The van der Waals surface area contributed by atoms with Gasteiger partial charge in [-0.25, -0.2) is 0 Å². The van der Waals surface area contributed by atoms with Crippen molar-refractivity contribution in [1.29, 1.82) is 5.26 Å². The number of carbonyl (C=O) groups is 2. The molecule has 4 nitrogen and oxygen atoms in total. The second kappa shape index (κ2) is 5.77. The van der Waals surface area contributed by atoms with E-state index in [2.05, 4.69) is 0 Å². The van der Waals surface area contributed by atoms with Crippen molar-refractivity contribution in [2.24, 2.45) is 5.92 Å². The van der Waals surface area contributed by atoms with Gasteiger partial charge in [0.1, 0.15) is 5.78 Å². The number of piperidine rings is 1. The minimum absolute atomic E-state index is 0.0162. The van der Waals surface area contributed by atoms with Crippen molar-refractivity contribution in [3.8, 4) is 6.07 Å². The van der Waals surface area contributed by atoms with Gasteiger partial charge in [0.15, 0.2) is 5.78 Å². The fourth-order valence-corrected chi connectivity index (χ4v) is 2.26. The lowest BCUT2D eigenvalue weighted by atomic mass is 9.98. The molecule has 0 amide bonds. The summed E-state index contributed by atoms with van der Waals surface area (Å²) in [5.41, 5.74) is 1.16. The first-order chi connectivity index (χ1) is 9.10. The average Bonchev–Trinajstić information content (AvgIpc) is 2.43. The molecule has 1 atom stereocenters. The fraction of sp³-hybridized carbons (Fsp3) is 0.400. The lowest BCUT2D eigenvalue weighted by Gasteiger charge is -2.29. The molecule has 0 aromatic heterocycles. The summed E-state index contributed by atoms with van der Waals surface area (Å²) in [4.78, 5) is 25.5. The monoisotopic (exact) mass is 256 g/mol. The van der Waals surface area contributed by atoms with Gasteiger partial charge in [0.2, 0.25) is 0 Å². The first-order valence-corrected chi connectivity index (χ1v) is 6.38. The predicted molar refractivity (Wildman–Crippen MR) is 70.7 cm³/mol. The largest absolute Gasteiger partial charge is 0.299 e. The number of ketones is 2. The Kier molecular flexibility index (Phi) is 4.08. The van der Waals surface area contributed by atoms with Crippen LogP contribution in [0.1, 0.15) is 29.3 Å². The molecular formula is C15H16N2O2. The smallest absolute Gasteiger partial charge is 0.176 e. The maximum absolute atomic E-state index is 12.1. The Morgan fingerprint density at radius 1 is 1.42 bits per heavy atom. The van der Waals surface area contributed by atoms with Crippen LogP contribution in [0.5, 0.6) is 0 Å². The van der Waals surface area contributed by atoms with Gasteiger partial charge >= 0.3 is 0 Å². The topological polar surface area (TPSA) is 61.2 Å². The third-order valence-corrected chi connectivity index (χ3v) is 3.46. The minimum Gasteiger partial charge on any atom is -0.299 e. The summed E-state index contributed by atoms with van der Waals surface area (Å²) < 4.78 is 0. The second-order valence-electron chi connectivity index (χ2n) is 4.96. The molecule has 1 aromatic rings. The molecule has 0 N–H and O–H groups in total. The van der Waals surface area contributed by atoms with E-state index >= 15 is 0 Å².